The Bertz CT molecular complexity index is 570. The maximum Gasteiger partial charge on any atom is 0.227 e. The van der Waals surface area contributed by atoms with Gasteiger partial charge in [-0.2, -0.15) is 0 Å². The van der Waals surface area contributed by atoms with Gasteiger partial charge in [-0.1, -0.05) is 28.3 Å². The predicted molar refractivity (Wildman–Crippen MR) is 75.3 cm³/mol. The molecule has 1 aliphatic rings. The Labute approximate surface area is 119 Å². The zero-order valence-corrected chi connectivity index (χ0v) is 11.4. The topological polar surface area (TPSA) is 95.1 Å². The minimum Gasteiger partial charge on any atom is -0.397 e. The Balaban J connectivity index is 2.25. The van der Waals surface area contributed by atoms with Crippen LogP contribution in [0.4, 0.5) is 11.4 Å². The lowest BCUT2D eigenvalue weighted by molar-refractivity contribution is -0.117. The molecule has 0 saturated carbocycles. The smallest absolute Gasteiger partial charge is 0.227 e. The molecule has 8 heteroatoms. The number of benzene rings is 1. The largest absolute Gasteiger partial charge is 0.397 e. The van der Waals surface area contributed by atoms with E-state index in [9.17, 15) is 4.79 Å². The molecule has 1 unspecified atom stereocenters. The number of amides is 1. The number of carbonyl (C=O) groups excluding carboxylic acids is 1. The Kier molecular flexibility index (Phi) is 4.04. The maximum atomic E-state index is 12.0. The van der Waals surface area contributed by atoms with Gasteiger partial charge in [-0.15, -0.1) is 0 Å². The molecule has 1 aliphatic heterocycles. The summed E-state index contributed by atoms with van der Waals surface area (Å²) < 4.78 is 0. The third-order valence-electron chi connectivity index (χ3n) is 2.97. The molecule has 6 nitrogen and oxygen atoms in total. The molecule has 1 atom stereocenters. The van der Waals surface area contributed by atoms with E-state index in [0.29, 0.717) is 40.9 Å². The lowest BCUT2D eigenvalue weighted by atomic mass is 10.1. The molecule has 1 amide bonds. The van der Waals surface area contributed by atoms with Crippen LogP contribution in [-0.2, 0) is 4.79 Å². The average Bonchev–Trinajstić information content (AvgIpc) is 2.72. The quantitative estimate of drug-likeness (QED) is 0.401. The molecule has 2 rings (SSSR count). The van der Waals surface area contributed by atoms with Crippen LogP contribution in [0.2, 0.25) is 10.0 Å². The summed E-state index contributed by atoms with van der Waals surface area (Å²) in [4.78, 5) is 16.2. The van der Waals surface area contributed by atoms with Gasteiger partial charge in [0.25, 0.3) is 0 Å². The Hall–Kier alpha value is -1.62. The first-order valence-corrected chi connectivity index (χ1v) is 6.34. The van der Waals surface area contributed by atoms with Gasteiger partial charge in [0.15, 0.2) is 0 Å². The summed E-state index contributed by atoms with van der Waals surface area (Å²) in [5.41, 5.74) is 15.1. The molecule has 100 valence electrons. The summed E-state index contributed by atoms with van der Waals surface area (Å²) in [5, 5.41) is 4.19. The second-order valence-corrected chi connectivity index (χ2v) is 5.13. The van der Waals surface area contributed by atoms with Gasteiger partial charge in [0.2, 0.25) is 5.91 Å². The molecule has 1 fully saturated rings. The highest BCUT2D eigenvalue weighted by atomic mass is 35.5. The molecule has 19 heavy (non-hydrogen) atoms. The minimum atomic E-state index is -0.0665. The van der Waals surface area contributed by atoms with Gasteiger partial charge in [0.1, 0.15) is 0 Å². The van der Waals surface area contributed by atoms with E-state index in [1.807, 2.05) is 0 Å². The molecule has 0 aromatic heterocycles. The van der Waals surface area contributed by atoms with Crippen molar-refractivity contribution >= 4 is 40.5 Å². The maximum absolute atomic E-state index is 12.0. The highest BCUT2D eigenvalue weighted by Gasteiger charge is 2.31. The summed E-state index contributed by atoms with van der Waals surface area (Å²) in [7, 11) is 0. The minimum absolute atomic E-state index is 0.00254. The van der Waals surface area contributed by atoms with Crippen LogP contribution in [0.15, 0.2) is 17.2 Å². The highest BCUT2D eigenvalue weighted by Crippen LogP contribution is 2.36. The Morgan fingerprint density at radius 1 is 1.47 bits per heavy atom. The first-order valence-electron chi connectivity index (χ1n) is 5.58. The van der Waals surface area contributed by atoms with E-state index < -0.39 is 0 Å². The second-order valence-electron chi connectivity index (χ2n) is 4.31. The van der Waals surface area contributed by atoms with E-state index in [2.05, 4.69) is 10.0 Å². The van der Waals surface area contributed by atoms with E-state index in [1.54, 1.807) is 11.0 Å². The monoisotopic (exact) mass is 299 g/mol. The molecule has 1 aromatic rings. The fourth-order valence-electron chi connectivity index (χ4n) is 2.07. The molecule has 0 aliphatic carbocycles. The van der Waals surface area contributed by atoms with Crippen LogP contribution < -0.4 is 10.6 Å². The summed E-state index contributed by atoms with van der Waals surface area (Å²) in [5.74, 6) is -0.0690. The van der Waals surface area contributed by atoms with E-state index in [1.165, 1.54) is 6.07 Å². The SMILES string of the molecule is [N-]=[N+]=NCC1CC(=O)N(c2cc(Cl)c(Cl)cc2N)C1. The van der Waals surface area contributed by atoms with Gasteiger partial charge in [-0.25, -0.2) is 0 Å². The number of halogens is 2. The molecule has 1 heterocycles. The summed E-state index contributed by atoms with van der Waals surface area (Å²) in [6.45, 7) is 0.750. The molecular formula is C11H11Cl2N5O. The number of hydrogen-bond acceptors (Lipinski definition) is 3. The summed E-state index contributed by atoms with van der Waals surface area (Å²) in [6.07, 6.45) is 0.332. The van der Waals surface area contributed by atoms with Crippen LogP contribution in [0.1, 0.15) is 6.42 Å². The first-order chi connectivity index (χ1) is 9.02. The van der Waals surface area contributed by atoms with Gasteiger partial charge < -0.3 is 10.6 Å². The van der Waals surface area contributed by atoms with Crippen molar-refractivity contribution < 1.29 is 4.79 Å². The van der Waals surface area contributed by atoms with Crippen molar-refractivity contribution in [3.8, 4) is 0 Å². The van der Waals surface area contributed by atoms with Crippen LogP contribution in [0.25, 0.3) is 10.4 Å². The molecule has 2 N–H and O–H groups in total. The van der Waals surface area contributed by atoms with Crippen LogP contribution in [0.3, 0.4) is 0 Å². The number of nitrogens with zero attached hydrogens (tertiary/aromatic N) is 4. The van der Waals surface area contributed by atoms with Crippen LogP contribution in [0.5, 0.6) is 0 Å². The van der Waals surface area contributed by atoms with Gasteiger partial charge in [0.05, 0.1) is 21.4 Å². The van der Waals surface area contributed by atoms with Crippen molar-refractivity contribution in [2.24, 2.45) is 11.0 Å². The number of nitrogens with two attached hydrogens (primary N) is 1. The van der Waals surface area contributed by atoms with Gasteiger partial charge in [0, 0.05) is 24.4 Å². The van der Waals surface area contributed by atoms with E-state index in [4.69, 9.17) is 34.5 Å². The molecule has 1 saturated heterocycles. The lowest BCUT2D eigenvalue weighted by Crippen LogP contribution is -2.25. The van der Waals surface area contributed by atoms with Gasteiger partial charge >= 0.3 is 0 Å². The predicted octanol–water partition coefficient (Wildman–Crippen LogP) is 3.24. The van der Waals surface area contributed by atoms with Crippen molar-refractivity contribution in [3.05, 3.63) is 32.6 Å². The fraction of sp³-hybridized carbons (Fsp3) is 0.364. The number of carbonyl (C=O) groups is 1. The summed E-state index contributed by atoms with van der Waals surface area (Å²) >= 11 is 11.8. The van der Waals surface area contributed by atoms with Crippen molar-refractivity contribution in [3.63, 3.8) is 0 Å². The Morgan fingerprint density at radius 3 is 2.84 bits per heavy atom. The molecule has 0 spiro atoms. The lowest BCUT2D eigenvalue weighted by Gasteiger charge is -2.19. The molecule has 1 aromatic carbocycles. The molecule has 0 bridgehead atoms. The van der Waals surface area contributed by atoms with Gasteiger partial charge in [-0.05, 0) is 23.6 Å². The molecule has 0 radical (unpaired) electrons. The van der Waals surface area contributed by atoms with Gasteiger partial charge in [-0.3, -0.25) is 4.79 Å². The number of nitrogen functional groups attached to an aromatic ring is 1. The zero-order valence-electron chi connectivity index (χ0n) is 9.88. The standard InChI is InChI=1S/C11H11Cl2N5O/c12-7-2-9(14)10(3-8(7)13)18-5-6(1-11(18)19)4-16-17-15/h2-3,6H,1,4-5,14H2. The third-order valence-corrected chi connectivity index (χ3v) is 3.69. The van der Waals surface area contributed by atoms with Crippen molar-refractivity contribution in [2.45, 2.75) is 6.42 Å². The second kappa shape index (κ2) is 5.57. The van der Waals surface area contributed by atoms with Crippen LogP contribution in [-0.4, -0.2) is 19.0 Å². The van der Waals surface area contributed by atoms with Crippen LogP contribution in [0, 0.1) is 5.92 Å². The fourth-order valence-corrected chi connectivity index (χ4v) is 2.40. The number of hydrogen-bond donors (Lipinski definition) is 1. The van der Waals surface area contributed by atoms with E-state index in [-0.39, 0.29) is 11.8 Å². The normalized spacial score (nSPS) is 18.5. The zero-order chi connectivity index (χ0) is 14.0. The van der Waals surface area contributed by atoms with Crippen molar-refractivity contribution in [1.82, 2.24) is 0 Å². The number of rotatable bonds is 3. The van der Waals surface area contributed by atoms with Crippen LogP contribution >= 0.6 is 23.2 Å². The summed E-state index contributed by atoms with van der Waals surface area (Å²) in [6, 6.07) is 3.10. The number of azide groups is 1. The average molecular weight is 300 g/mol. The van der Waals surface area contributed by atoms with Crippen molar-refractivity contribution in [2.75, 3.05) is 23.7 Å². The highest BCUT2D eigenvalue weighted by molar-refractivity contribution is 6.42. The Morgan fingerprint density at radius 2 is 2.16 bits per heavy atom. The van der Waals surface area contributed by atoms with E-state index >= 15 is 0 Å². The van der Waals surface area contributed by atoms with E-state index in [0.717, 1.165) is 0 Å². The van der Waals surface area contributed by atoms with Crippen molar-refractivity contribution in [1.29, 1.82) is 0 Å². The first kappa shape index (κ1) is 13.8. The third kappa shape index (κ3) is 2.87. The number of anilines is 2. The molecular weight excluding hydrogens is 289 g/mol.